The van der Waals surface area contributed by atoms with Crippen LogP contribution in [0.25, 0.3) is 11.4 Å². The number of rotatable bonds is 2. The smallest absolute Gasteiger partial charge is 0.357 e. The lowest BCUT2D eigenvalue weighted by molar-refractivity contribution is 0.0595. The van der Waals surface area contributed by atoms with E-state index in [9.17, 15) is 4.79 Å². The van der Waals surface area contributed by atoms with E-state index in [2.05, 4.69) is 19.7 Å². The van der Waals surface area contributed by atoms with Gasteiger partial charge in [-0.05, 0) is 18.2 Å². The molecule has 0 radical (unpaired) electrons. The molecule has 0 aliphatic rings. The van der Waals surface area contributed by atoms with Gasteiger partial charge >= 0.3 is 5.97 Å². The minimum absolute atomic E-state index is 0.110. The number of nitrogens with two attached hydrogens (primary N) is 1. The first-order valence-electron chi connectivity index (χ1n) is 4.84. The predicted octanol–water partition coefficient (Wildman–Crippen LogP) is 0.907. The molecule has 0 amide bonds. The Morgan fingerprint density at radius 1 is 1.29 bits per heavy atom. The molecular weight excluding hydrogens is 220 g/mol. The fourth-order valence-electron chi connectivity index (χ4n) is 1.35. The molecule has 2 rings (SSSR count). The van der Waals surface area contributed by atoms with Crippen molar-refractivity contribution in [3.05, 3.63) is 36.3 Å². The highest BCUT2D eigenvalue weighted by Crippen LogP contribution is 2.20. The van der Waals surface area contributed by atoms with Gasteiger partial charge in [0.1, 0.15) is 5.82 Å². The van der Waals surface area contributed by atoms with E-state index >= 15 is 0 Å². The summed E-state index contributed by atoms with van der Waals surface area (Å²) in [4.78, 5) is 23.6. The Bertz CT molecular complexity index is 542. The molecule has 0 unspecified atom stereocenters. The highest BCUT2D eigenvalue weighted by molar-refractivity contribution is 5.94. The number of carbonyl (C=O) groups is 1. The summed E-state index contributed by atoms with van der Waals surface area (Å²) in [5.41, 5.74) is 6.14. The number of hydrogen-bond donors (Lipinski definition) is 1. The summed E-state index contributed by atoms with van der Waals surface area (Å²) >= 11 is 0. The zero-order chi connectivity index (χ0) is 12.3. The lowest BCUT2D eigenvalue weighted by Gasteiger charge is -2.06. The summed E-state index contributed by atoms with van der Waals surface area (Å²) in [7, 11) is 1.28. The standard InChI is InChI=1S/C11H10N4O2/c1-17-11(16)9-7(3-4-8(12)15-9)10-13-5-2-6-14-10/h2-6H,1H3,(H2,12,15). The van der Waals surface area contributed by atoms with Gasteiger partial charge in [0.15, 0.2) is 11.5 Å². The number of aromatic nitrogens is 3. The van der Waals surface area contributed by atoms with Gasteiger partial charge in [0.25, 0.3) is 0 Å². The number of pyridine rings is 1. The fraction of sp³-hybridized carbons (Fsp3) is 0.0909. The molecule has 0 atom stereocenters. The summed E-state index contributed by atoms with van der Waals surface area (Å²) in [5.74, 6) is 0.0743. The molecule has 2 aromatic heterocycles. The summed E-state index contributed by atoms with van der Waals surface area (Å²) in [6.07, 6.45) is 3.17. The van der Waals surface area contributed by atoms with Crippen LogP contribution >= 0.6 is 0 Å². The molecule has 2 N–H and O–H groups in total. The topological polar surface area (TPSA) is 91.0 Å². The third kappa shape index (κ3) is 2.20. The average molecular weight is 230 g/mol. The van der Waals surface area contributed by atoms with E-state index in [4.69, 9.17) is 5.73 Å². The fourth-order valence-corrected chi connectivity index (χ4v) is 1.35. The Morgan fingerprint density at radius 3 is 2.65 bits per heavy atom. The maximum atomic E-state index is 11.6. The second-order valence-electron chi connectivity index (χ2n) is 3.20. The molecule has 2 heterocycles. The van der Waals surface area contributed by atoms with E-state index < -0.39 is 5.97 Å². The molecule has 0 bridgehead atoms. The number of carbonyl (C=O) groups excluding carboxylic acids is 1. The first-order chi connectivity index (χ1) is 8.22. The van der Waals surface area contributed by atoms with Crippen molar-refractivity contribution < 1.29 is 9.53 Å². The van der Waals surface area contributed by atoms with Crippen molar-refractivity contribution in [3.8, 4) is 11.4 Å². The first kappa shape index (κ1) is 11.0. The van der Waals surface area contributed by atoms with Crippen LogP contribution in [0.2, 0.25) is 0 Å². The highest BCUT2D eigenvalue weighted by Gasteiger charge is 2.17. The zero-order valence-corrected chi connectivity index (χ0v) is 9.12. The van der Waals surface area contributed by atoms with Gasteiger partial charge in [0.05, 0.1) is 12.7 Å². The van der Waals surface area contributed by atoms with Crippen LogP contribution in [0, 0.1) is 0 Å². The van der Waals surface area contributed by atoms with Gasteiger partial charge in [-0.25, -0.2) is 19.7 Å². The minimum Gasteiger partial charge on any atom is -0.464 e. The van der Waals surface area contributed by atoms with Gasteiger partial charge in [-0.1, -0.05) is 0 Å². The summed E-state index contributed by atoms with van der Waals surface area (Å²) < 4.78 is 4.64. The molecule has 0 spiro atoms. The second kappa shape index (κ2) is 4.56. The molecule has 0 saturated heterocycles. The number of ether oxygens (including phenoxy) is 1. The maximum Gasteiger partial charge on any atom is 0.357 e. The molecule has 6 heteroatoms. The summed E-state index contributed by atoms with van der Waals surface area (Å²) in [6.45, 7) is 0. The summed E-state index contributed by atoms with van der Waals surface area (Å²) in [5, 5.41) is 0. The van der Waals surface area contributed by atoms with Crippen LogP contribution in [0.3, 0.4) is 0 Å². The quantitative estimate of drug-likeness (QED) is 0.771. The normalized spacial score (nSPS) is 9.94. The number of anilines is 1. The van der Waals surface area contributed by atoms with E-state index in [1.807, 2.05) is 0 Å². The van der Waals surface area contributed by atoms with Crippen molar-refractivity contribution in [2.45, 2.75) is 0 Å². The molecule has 6 nitrogen and oxygen atoms in total. The molecule has 2 aromatic rings. The predicted molar refractivity (Wildman–Crippen MR) is 61.0 cm³/mol. The number of nitrogen functional groups attached to an aromatic ring is 1. The van der Waals surface area contributed by atoms with Gasteiger partial charge in [0, 0.05) is 12.4 Å². The van der Waals surface area contributed by atoms with E-state index in [1.165, 1.54) is 7.11 Å². The van der Waals surface area contributed by atoms with Gasteiger partial charge in [-0.15, -0.1) is 0 Å². The van der Waals surface area contributed by atoms with Gasteiger partial charge in [-0.3, -0.25) is 0 Å². The number of nitrogens with zero attached hydrogens (tertiary/aromatic N) is 3. The van der Waals surface area contributed by atoms with Crippen molar-refractivity contribution in [3.63, 3.8) is 0 Å². The maximum absolute atomic E-state index is 11.6. The second-order valence-corrected chi connectivity index (χ2v) is 3.20. The van der Waals surface area contributed by atoms with Crippen molar-refractivity contribution >= 4 is 11.8 Å². The van der Waals surface area contributed by atoms with Crippen LogP contribution in [0.15, 0.2) is 30.6 Å². The lowest BCUT2D eigenvalue weighted by atomic mass is 10.1. The van der Waals surface area contributed by atoms with Crippen LogP contribution in [-0.2, 0) is 4.74 Å². The average Bonchev–Trinajstić information content (AvgIpc) is 2.38. The molecular formula is C11H10N4O2. The van der Waals surface area contributed by atoms with Crippen molar-refractivity contribution in [1.29, 1.82) is 0 Å². The Morgan fingerprint density at radius 2 is 2.00 bits per heavy atom. The Hall–Kier alpha value is -2.50. The number of methoxy groups -OCH3 is 1. The van der Waals surface area contributed by atoms with Gasteiger partial charge < -0.3 is 10.5 Å². The Balaban J connectivity index is 2.58. The van der Waals surface area contributed by atoms with Crippen molar-refractivity contribution in [2.75, 3.05) is 12.8 Å². The largest absolute Gasteiger partial charge is 0.464 e. The van der Waals surface area contributed by atoms with Gasteiger partial charge in [0.2, 0.25) is 0 Å². The third-order valence-electron chi connectivity index (χ3n) is 2.10. The Kier molecular flexibility index (Phi) is 2.95. The molecule has 0 aliphatic carbocycles. The van der Waals surface area contributed by atoms with E-state index in [1.54, 1.807) is 30.6 Å². The molecule has 86 valence electrons. The van der Waals surface area contributed by atoms with Crippen molar-refractivity contribution in [2.24, 2.45) is 0 Å². The van der Waals surface area contributed by atoms with E-state index in [0.29, 0.717) is 11.4 Å². The third-order valence-corrected chi connectivity index (χ3v) is 2.10. The molecule has 0 aliphatic heterocycles. The monoisotopic (exact) mass is 230 g/mol. The summed E-state index contributed by atoms with van der Waals surface area (Å²) in [6, 6.07) is 4.91. The van der Waals surface area contributed by atoms with Crippen molar-refractivity contribution in [1.82, 2.24) is 15.0 Å². The van der Waals surface area contributed by atoms with Crippen LogP contribution in [0.5, 0.6) is 0 Å². The van der Waals surface area contributed by atoms with Gasteiger partial charge in [-0.2, -0.15) is 0 Å². The molecule has 0 fully saturated rings. The van der Waals surface area contributed by atoms with Crippen LogP contribution < -0.4 is 5.73 Å². The van der Waals surface area contributed by atoms with E-state index in [-0.39, 0.29) is 11.5 Å². The Labute approximate surface area is 97.5 Å². The minimum atomic E-state index is -0.570. The number of hydrogen-bond acceptors (Lipinski definition) is 6. The molecule has 17 heavy (non-hydrogen) atoms. The highest BCUT2D eigenvalue weighted by atomic mass is 16.5. The SMILES string of the molecule is COC(=O)c1nc(N)ccc1-c1ncccn1. The lowest BCUT2D eigenvalue weighted by Crippen LogP contribution is -2.09. The zero-order valence-electron chi connectivity index (χ0n) is 9.12. The van der Waals surface area contributed by atoms with Crippen LogP contribution in [0.4, 0.5) is 5.82 Å². The first-order valence-corrected chi connectivity index (χ1v) is 4.84. The molecule has 0 aromatic carbocycles. The number of esters is 1. The molecule has 0 saturated carbocycles. The van der Waals surface area contributed by atoms with Crippen LogP contribution in [-0.4, -0.2) is 28.0 Å². The van der Waals surface area contributed by atoms with Crippen LogP contribution in [0.1, 0.15) is 10.5 Å². The van der Waals surface area contributed by atoms with E-state index in [0.717, 1.165) is 0 Å².